The molecule has 1 aliphatic heterocycles. The zero-order valence-corrected chi connectivity index (χ0v) is 12.7. The molecule has 0 aliphatic carbocycles. The van der Waals surface area contributed by atoms with Crippen LogP contribution in [0, 0.1) is 5.92 Å². The van der Waals surface area contributed by atoms with E-state index in [0.717, 1.165) is 12.5 Å². The Morgan fingerprint density at radius 1 is 1.26 bits per heavy atom. The van der Waals surface area contributed by atoms with Gasteiger partial charge < -0.3 is 10.2 Å². The number of fused-ring (bicyclic) bond motifs is 1. The summed E-state index contributed by atoms with van der Waals surface area (Å²) in [4.78, 5) is 2.54. The highest BCUT2D eigenvalue weighted by Crippen LogP contribution is 2.27. The average Bonchev–Trinajstić information content (AvgIpc) is 2.82. The predicted molar refractivity (Wildman–Crippen MR) is 83.9 cm³/mol. The summed E-state index contributed by atoms with van der Waals surface area (Å²) in [7, 11) is 0. The van der Waals surface area contributed by atoms with Crippen LogP contribution >= 0.6 is 0 Å². The van der Waals surface area contributed by atoms with Gasteiger partial charge >= 0.3 is 0 Å². The Kier molecular flexibility index (Phi) is 5.26. The number of nitrogens with zero attached hydrogens (tertiary/aromatic N) is 1. The quantitative estimate of drug-likeness (QED) is 0.755. The summed E-state index contributed by atoms with van der Waals surface area (Å²) in [6.45, 7) is 10.4. The zero-order valence-electron chi connectivity index (χ0n) is 12.7. The van der Waals surface area contributed by atoms with Crippen molar-refractivity contribution in [3.05, 3.63) is 29.8 Å². The van der Waals surface area contributed by atoms with Crippen LogP contribution in [0.1, 0.15) is 39.2 Å². The fraction of sp³-hybridized carbons (Fsp3) is 0.647. The lowest BCUT2D eigenvalue weighted by Gasteiger charge is -2.23. The summed E-state index contributed by atoms with van der Waals surface area (Å²) >= 11 is 0. The third-order valence-corrected chi connectivity index (χ3v) is 4.24. The minimum Gasteiger partial charge on any atom is -0.371 e. The highest BCUT2D eigenvalue weighted by molar-refractivity contribution is 5.57. The molecule has 2 nitrogen and oxygen atoms in total. The molecule has 1 heterocycles. The molecule has 0 bridgehead atoms. The number of anilines is 1. The molecule has 0 saturated heterocycles. The molecule has 2 rings (SSSR count). The normalized spacial score (nSPS) is 15.9. The zero-order chi connectivity index (χ0) is 13.7. The lowest BCUT2D eigenvalue weighted by molar-refractivity contribution is 0.387. The molecule has 106 valence electrons. The summed E-state index contributed by atoms with van der Waals surface area (Å²) < 4.78 is 0. The van der Waals surface area contributed by atoms with E-state index in [1.807, 2.05) is 0 Å². The van der Waals surface area contributed by atoms with Gasteiger partial charge in [0.1, 0.15) is 0 Å². The van der Waals surface area contributed by atoms with E-state index in [1.165, 1.54) is 43.6 Å². The second-order valence-electron chi connectivity index (χ2n) is 5.93. The molecule has 0 fully saturated rings. The number of hydrogen-bond donors (Lipinski definition) is 1. The molecular formula is C17H28N2. The maximum absolute atomic E-state index is 3.69. The van der Waals surface area contributed by atoms with Crippen molar-refractivity contribution in [2.45, 2.75) is 46.1 Å². The lowest BCUT2D eigenvalue weighted by atomic mass is 10.0. The molecule has 1 N–H and O–H groups in total. The first-order chi connectivity index (χ1) is 9.22. The van der Waals surface area contributed by atoms with E-state index in [2.05, 4.69) is 55.3 Å². The summed E-state index contributed by atoms with van der Waals surface area (Å²) in [5.41, 5.74) is 2.97. The van der Waals surface area contributed by atoms with Gasteiger partial charge in [-0.1, -0.05) is 39.0 Å². The van der Waals surface area contributed by atoms with Crippen molar-refractivity contribution in [3.63, 3.8) is 0 Å². The van der Waals surface area contributed by atoms with Crippen molar-refractivity contribution < 1.29 is 0 Å². The van der Waals surface area contributed by atoms with Crippen LogP contribution in [0.4, 0.5) is 5.69 Å². The first-order valence-electron chi connectivity index (χ1n) is 7.78. The van der Waals surface area contributed by atoms with Crippen molar-refractivity contribution in [3.8, 4) is 0 Å². The first kappa shape index (κ1) is 14.4. The van der Waals surface area contributed by atoms with Crippen LogP contribution in [0.25, 0.3) is 0 Å². The van der Waals surface area contributed by atoms with Gasteiger partial charge in [-0.05, 0) is 43.4 Å². The highest BCUT2D eigenvalue weighted by atomic mass is 15.1. The summed E-state index contributed by atoms with van der Waals surface area (Å²) in [6.07, 6.45) is 3.68. The summed E-state index contributed by atoms with van der Waals surface area (Å²) in [5, 5.41) is 3.69. The SMILES string of the molecule is CCC(NCCCN1CCc2ccccc21)C(C)C. The molecule has 1 unspecified atom stereocenters. The van der Waals surface area contributed by atoms with E-state index in [4.69, 9.17) is 0 Å². The molecule has 0 amide bonds. The van der Waals surface area contributed by atoms with Crippen LogP contribution < -0.4 is 10.2 Å². The number of nitrogens with one attached hydrogen (secondary N) is 1. The molecule has 1 aromatic carbocycles. The van der Waals surface area contributed by atoms with Crippen molar-refractivity contribution in [2.24, 2.45) is 5.92 Å². The Hall–Kier alpha value is -1.02. The van der Waals surface area contributed by atoms with Crippen LogP contribution in [0.3, 0.4) is 0 Å². The van der Waals surface area contributed by atoms with Gasteiger partial charge in [0.2, 0.25) is 0 Å². The molecule has 0 aromatic heterocycles. The minimum atomic E-state index is 0.672. The van der Waals surface area contributed by atoms with Crippen LogP contribution in [-0.4, -0.2) is 25.7 Å². The smallest absolute Gasteiger partial charge is 0.0399 e. The largest absolute Gasteiger partial charge is 0.371 e. The predicted octanol–water partition coefficient (Wildman–Crippen LogP) is 3.46. The molecule has 0 radical (unpaired) electrons. The standard InChI is InChI=1S/C17H28N2/c1-4-16(14(2)3)18-11-7-12-19-13-10-15-8-5-6-9-17(15)19/h5-6,8-9,14,16,18H,4,7,10-13H2,1-3H3. The van der Waals surface area contributed by atoms with E-state index >= 15 is 0 Å². The second kappa shape index (κ2) is 6.95. The lowest BCUT2D eigenvalue weighted by Crippen LogP contribution is -2.35. The van der Waals surface area contributed by atoms with Gasteiger partial charge in [-0.3, -0.25) is 0 Å². The van der Waals surface area contributed by atoms with Crippen molar-refractivity contribution in [1.82, 2.24) is 5.32 Å². The average molecular weight is 260 g/mol. The maximum Gasteiger partial charge on any atom is 0.0399 e. The molecule has 1 atom stereocenters. The van der Waals surface area contributed by atoms with Crippen LogP contribution in [-0.2, 0) is 6.42 Å². The minimum absolute atomic E-state index is 0.672. The monoisotopic (exact) mass is 260 g/mol. The van der Waals surface area contributed by atoms with E-state index in [9.17, 15) is 0 Å². The van der Waals surface area contributed by atoms with Gasteiger partial charge in [0, 0.05) is 24.8 Å². The second-order valence-corrected chi connectivity index (χ2v) is 5.93. The topological polar surface area (TPSA) is 15.3 Å². The number of para-hydroxylation sites is 1. The Balaban J connectivity index is 1.73. The Bertz CT molecular complexity index is 387. The fourth-order valence-electron chi connectivity index (χ4n) is 3.05. The van der Waals surface area contributed by atoms with E-state index in [1.54, 1.807) is 0 Å². The van der Waals surface area contributed by atoms with Crippen LogP contribution in [0.2, 0.25) is 0 Å². The van der Waals surface area contributed by atoms with Gasteiger partial charge in [-0.15, -0.1) is 0 Å². The van der Waals surface area contributed by atoms with E-state index in [-0.39, 0.29) is 0 Å². The Morgan fingerprint density at radius 3 is 2.79 bits per heavy atom. The number of benzene rings is 1. The number of rotatable bonds is 7. The van der Waals surface area contributed by atoms with Gasteiger partial charge in [0.25, 0.3) is 0 Å². The Morgan fingerprint density at radius 2 is 2.05 bits per heavy atom. The van der Waals surface area contributed by atoms with Crippen molar-refractivity contribution in [2.75, 3.05) is 24.5 Å². The molecule has 19 heavy (non-hydrogen) atoms. The van der Waals surface area contributed by atoms with E-state index in [0.29, 0.717) is 6.04 Å². The molecule has 0 spiro atoms. The highest BCUT2D eigenvalue weighted by Gasteiger charge is 2.17. The Labute approximate surface area is 118 Å². The van der Waals surface area contributed by atoms with Crippen molar-refractivity contribution >= 4 is 5.69 Å². The summed E-state index contributed by atoms with van der Waals surface area (Å²) in [5.74, 6) is 0.734. The van der Waals surface area contributed by atoms with Gasteiger partial charge in [-0.2, -0.15) is 0 Å². The molecule has 1 aliphatic rings. The molecule has 0 saturated carbocycles. The molecular weight excluding hydrogens is 232 g/mol. The molecule has 2 heteroatoms. The fourth-order valence-corrected chi connectivity index (χ4v) is 3.05. The number of hydrogen-bond acceptors (Lipinski definition) is 2. The van der Waals surface area contributed by atoms with Gasteiger partial charge in [0.15, 0.2) is 0 Å². The first-order valence-corrected chi connectivity index (χ1v) is 7.78. The third-order valence-electron chi connectivity index (χ3n) is 4.24. The van der Waals surface area contributed by atoms with Crippen LogP contribution in [0.15, 0.2) is 24.3 Å². The van der Waals surface area contributed by atoms with E-state index < -0.39 is 0 Å². The van der Waals surface area contributed by atoms with Crippen molar-refractivity contribution in [1.29, 1.82) is 0 Å². The third kappa shape index (κ3) is 3.73. The summed E-state index contributed by atoms with van der Waals surface area (Å²) in [6, 6.07) is 9.50. The maximum atomic E-state index is 3.69. The van der Waals surface area contributed by atoms with Gasteiger partial charge in [0.05, 0.1) is 0 Å². The van der Waals surface area contributed by atoms with Crippen LogP contribution in [0.5, 0.6) is 0 Å². The molecule has 1 aromatic rings. The van der Waals surface area contributed by atoms with Gasteiger partial charge in [-0.25, -0.2) is 0 Å².